The monoisotopic (exact) mass is 564 g/mol. The van der Waals surface area contributed by atoms with Gasteiger partial charge in [0.1, 0.15) is 0 Å². The van der Waals surface area contributed by atoms with Gasteiger partial charge in [-0.1, -0.05) is 138 Å². The zero-order valence-corrected chi connectivity index (χ0v) is 26.7. The van der Waals surface area contributed by atoms with E-state index in [0.29, 0.717) is 11.3 Å². The predicted octanol–water partition coefficient (Wildman–Crippen LogP) is 8.81. The second-order valence-corrected chi connectivity index (χ2v) is 15.8. The Hall–Kier alpha value is -2.26. The second kappa shape index (κ2) is 14.1. The fraction of sp³-hybridized carbons (Fsp3) is 0.368. The topological polar surface area (TPSA) is 0 Å². The predicted molar refractivity (Wildman–Crippen MR) is 182 cm³/mol. The summed E-state index contributed by atoms with van der Waals surface area (Å²) >= 11 is 0. The first-order chi connectivity index (χ1) is 19.7. The summed E-state index contributed by atoms with van der Waals surface area (Å²) in [6.07, 6.45) is 9.81. The minimum atomic E-state index is -0.486. The average Bonchev–Trinajstić information content (AvgIpc) is 3.03. The molecule has 2 atom stereocenters. The largest absolute Gasteiger partial charge is 0.0619 e. The lowest BCUT2D eigenvalue weighted by Crippen LogP contribution is -2.39. The van der Waals surface area contributed by atoms with Crippen molar-refractivity contribution in [2.24, 2.45) is 0 Å². The molecule has 0 heterocycles. The van der Waals surface area contributed by atoms with E-state index < -0.39 is 15.8 Å². The molecule has 4 aromatic carbocycles. The van der Waals surface area contributed by atoms with E-state index in [1.807, 2.05) is 0 Å². The molecule has 1 aliphatic carbocycles. The van der Waals surface area contributed by atoms with Crippen LogP contribution in [-0.2, 0) is 25.7 Å². The van der Waals surface area contributed by atoms with Crippen LogP contribution in [0.1, 0.15) is 75.6 Å². The van der Waals surface area contributed by atoms with E-state index in [1.165, 1.54) is 25.7 Å². The van der Waals surface area contributed by atoms with Crippen molar-refractivity contribution < 1.29 is 0 Å². The van der Waals surface area contributed by atoms with Gasteiger partial charge in [-0.3, -0.25) is 0 Å². The first-order valence-electron chi connectivity index (χ1n) is 15.6. The zero-order chi connectivity index (χ0) is 27.9. The summed E-state index contributed by atoms with van der Waals surface area (Å²) in [7, 11) is -0.973. The Labute approximate surface area is 246 Å². The van der Waals surface area contributed by atoms with Gasteiger partial charge in [0, 0.05) is 0 Å². The Balaban J connectivity index is 1.75. The van der Waals surface area contributed by atoms with Crippen molar-refractivity contribution in [2.45, 2.75) is 90.4 Å². The fourth-order valence-corrected chi connectivity index (χ4v) is 14.6. The molecule has 1 aliphatic rings. The van der Waals surface area contributed by atoms with E-state index in [0.717, 1.165) is 25.7 Å². The van der Waals surface area contributed by atoms with Crippen LogP contribution in [0.2, 0.25) is 0 Å². The molecule has 1 saturated carbocycles. The van der Waals surface area contributed by atoms with E-state index in [1.54, 1.807) is 43.5 Å². The third-order valence-corrected chi connectivity index (χ3v) is 15.5. The van der Waals surface area contributed by atoms with Crippen LogP contribution in [0.5, 0.6) is 0 Å². The van der Waals surface area contributed by atoms with Crippen molar-refractivity contribution in [3.05, 3.63) is 119 Å². The highest BCUT2D eigenvalue weighted by Gasteiger charge is 2.40. The number of hydrogen-bond donors (Lipinski definition) is 0. The molecule has 2 heteroatoms. The van der Waals surface area contributed by atoms with Gasteiger partial charge >= 0.3 is 0 Å². The molecule has 0 aliphatic heterocycles. The van der Waals surface area contributed by atoms with Crippen LogP contribution in [0.3, 0.4) is 0 Å². The molecule has 4 aromatic rings. The number of hydrogen-bond acceptors (Lipinski definition) is 0. The lowest BCUT2D eigenvalue weighted by molar-refractivity contribution is 0.521. The molecule has 208 valence electrons. The molecule has 0 N–H and O–H groups in total. The highest BCUT2D eigenvalue weighted by atomic mass is 31.1. The highest BCUT2D eigenvalue weighted by Crippen LogP contribution is 2.57. The Morgan fingerprint density at radius 3 is 0.925 bits per heavy atom. The molecule has 0 amide bonds. The smallest absolute Gasteiger partial charge is 0.00549 e. The normalized spacial score (nSPS) is 17.4. The van der Waals surface area contributed by atoms with Crippen LogP contribution in [0.4, 0.5) is 0 Å². The highest BCUT2D eigenvalue weighted by molar-refractivity contribution is 7.77. The summed E-state index contributed by atoms with van der Waals surface area (Å²) in [4.78, 5) is 0. The molecule has 0 radical (unpaired) electrons. The maximum absolute atomic E-state index is 2.49. The van der Waals surface area contributed by atoms with E-state index in [9.17, 15) is 0 Å². The van der Waals surface area contributed by atoms with Gasteiger partial charge in [0.15, 0.2) is 0 Å². The van der Waals surface area contributed by atoms with Gasteiger partial charge in [0.25, 0.3) is 0 Å². The molecule has 0 aromatic heterocycles. The molecule has 5 rings (SSSR count). The molecule has 40 heavy (non-hydrogen) atoms. The summed E-state index contributed by atoms with van der Waals surface area (Å²) < 4.78 is 0. The van der Waals surface area contributed by atoms with Gasteiger partial charge in [-0.25, -0.2) is 0 Å². The van der Waals surface area contributed by atoms with Crippen molar-refractivity contribution in [3.8, 4) is 0 Å². The Kier molecular flexibility index (Phi) is 10.3. The zero-order valence-electron chi connectivity index (χ0n) is 24.9. The van der Waals surface area contributed by atoms with Gasteiger partial charge in [-0.2, -0.15) is 0 Å². The summed E-state index contributed by atoms with van der Waals surface area (Å²) in [6.45, 7) is 9.38. The van der Waals surface area contributed by atoms with Gasteiger partial charge in [0.2, 0.25) is 0 Å². The summed E-state index contributed by atoms with van der Waals surface area (Å²) in [5.74, 6) is 0. The van der Waals surface area contributed by atoms with Gasteiger partial charge < -0.3 is 0 Å². The Morgan fingerprint density at radius 2 is 0.675 bits per heavy atom. The summed E-state index contributed by atoms with van der Waals surface area (Å²) in [6, 6.07) is 37.8. The lowest BCUT2D eigenvalue weighted by Gasteiger charge is -2.44. The Morgan fingerprint density at radius 1 is 0.425 bits per heavy atom. The van der Waals surface area contributed by atoms with Crippen molar-refractivity contribution in [3.63, 3.8) is 0 Å². The number of aryl methyl sites for hydroxylation is 4. The number of rotatable bonds is 10. The summed E-state index contributed by atoms with van der Waals surface area (Å²) in [5.41, 5.74) is 7.58. The minimum absolute atomic E-state index is 0.486. The molecule has 0 unspecified atom stereocenters. The van der Waals surface area contributed by atoms with Gasteiger partial charge in [-0.05, 0) is 109 Å². The third kappa shape index (κ3) is 6.01. The summed E-state index contributed by atoms with van der Waals surface area (Å²) in [5, 5.41) is 6.56. The molecular weight excluding hydrogens is 518 g/mol. The fourth-order valence-electron chi connectivity index (χ4n) is 6.85. The molecule has 0 nitrogen and oxygen atoms in total. The van der Waals surface area contributed by atoms with Crippen molar-refractivity contribution >= 4 is 37.1 Å². The van der Waals surface area contributed by atoms with Gasteiger partial charge in [0.05, 0.1) is 0 Å². The van der Waals surface area contributed by atoms with E-state index in [4.69, 9.17) is 0 Å². The van der Waals surface area contributed by atoms with Crippen LogP contribution in [0.15, 0.2) is 97.1 Å². The van der Waals surface area contributed by atoms with Crippen molar-refractivity contribution in [1.82, 2.24) is 0 Å². The first-order valence-corrected chi connectivity index (χ1v) is 18.4. The standard InChI is InChI=1S/C38H46P2/c1-5-29-19-9-13-23-33(29)39(34-24-14-10-20-30(34)6-2)37-27-17-18-28-38(37)40(35-25-15-11-21-31(35)7-3)36-26-16-12-22-32(36)8-4/h9-16,19-26,37-38H,5-8,17-18,27-28H2,1-4H3/t37-,38-/m1/s1. The molecular formula is C38H46P2. The Bertz CT molecular complexity index is 1190. The molecule has 0 spiro atoms. The maximum atomic E-state index is 2.49. The van der Waals surface area contributed by atoms with Crippen LogP contribution >= 0.6 is 15.8 Å². The quantitative estimate of drug-likeness (QED) is 0.169. The van der Waals surface area contributed by atoms with Crippen molar-refractivity contribution in [2.75, 3.05) is 0 Å². The van der Waals surface area contributed by atoms with Crippen LogP contribution < -0.4 is 21.2 Å². The van der Waals surface area contributed by atoms with Crippen LogP contribution in [-0.4, -0.2) is 11.3 Å². The van der Waals surface area contributed by atoms with Crippen molar-refractivity contribution in [1.29, 1.82) is 0 Å². The average molecular weight is 565 g/mol. The lowest BCUT2D eigenvalue weighted by atomic mass is 9.99. The minimum Gasteiger partial charge on any atom is -0.0619 e. The maximum Gasteiger partial charge on any atom is -0.00549 e. The van der Waals surface area contributed by atoms with E-state index in [-0.39, 0.29) is 0 Å². The molecule has 1 fully saturated rings. The SMILES string of the molecule is CCc1ccccc1P(c1ccccc1CC)[C@@H]1CCCC[C@H]1P(c1ccccc1CC)c1ccccc1CC. The molecule has 0 saturated heterocycles. The van der Waals surface area contributed by atoms with Crippen LogP contribution in [0.25, 0.3) is 0 Å². The number of benzene rings is 4. The first kappa shape index (κ1) is 29.2. The third-order valence-electron chi connectivity index (χ3n) is 8.89. The van der Waals surface area contributed by atoms with E-state index in [2.05, 4.69) is 125 Å². The second-order valence-electron chi connectivity index (χ2n) is 11.1. The van der Waals surface area contributed by atoms with Gasteiger partial charge in [-0.15, -0.1) is 0 Å². The van der Waals surface area contributed by atoms with Crippen LogP contribution in [0, 0.1) is 0 Å². The van der Waals surface area contributed by atoms with E-state index >= 15 is 0 Å². The molecule has 0 bridgehead atoms.